The first-order valence-corrected chi connectivity index (χ1v) is 49.9. The second kappa shape index (κ2) is 36.1. The van der Waals surface area contributed by atoms with Gasteiger partial charge in [-0.1, -0.05) is 149 Å². The van der Waals surface area contributed by atoms with Gasteiger partial charge >= 0.3 is 5.97 Å². The smallest absolute Gasteiger partial charge is 0.335 e. The third-order valence-electron chi connectivity index (χ3n) is 27.9. The van der Waals surface area contributed by atoms with Crippen molar-refractivity contribution in [2.45, 2.75) is 207 Å². The number of aromatic carboxylic acids is 1. The van der Waals surface area contributed by atoms with Gasteiger partial charge in [0.15, 0.2) is 0 Å². The summed E-state index contributed by atoms with van der Waals surface area (Å²) in [5.41, 5.74) is 18.2. The molecule has 656 valence electrons. The molecule has 9 aromatic rings. The fraction of sp³-hybridized carbons (Fsp3) is 0.500. The highest BCUT2D eigenvalue weighted by Crippen LogP contribution is 2.52. The lowest BCUT2D eigenvalue weighted by Crippen LogP contribution is -2.45. The molecule has 12 aliphatic rings. The number of nitrogens with zero attached hydrogens (tertiary/aromatic N) is 6. The van der Waals surface area contributed by atoms with Crippen molar-refractivity contribution in [3.63, 3.8) is 0 Å². The number of nitrogens with two attached hydrogens (primary N) is 1. The number of aromatic nitrogens is 3. The number of sulfonamides is 3. The topological polar surface area (TPSA) is 327 Å². The predicted octanol–water partition coefficient (Wildman–Crippen LogP) is 13.7. The molecule has 0 bridgehead atoms. The van der Waals surface area contributed by atoms with E-state index in [9.17, 15) is 59.1 Å². The molecular formula is C96H113N9O16S3. The molecule has 0 radical (unpaired) electrons. The molecule has 3 atom stereocenters. The summed E-state index contributed by atoms with van der Waals surface area (Å²) >= 11 is 0. The zero-order valence-electron chi connectivity index (χ0n) is 70.5. The Morgan fingerprint density at radius 3 is 0.911 bits per heavy atom. The molecule has 28 heteroatoms. The molecule has 3 aromatic heterocycles. The summed E-state index contributed by atoms with van der Waals surface area (Å²) in [4.78, 5) is 85.6. The van der Waals surface area contributed by atoms with E-state index in [1.165, 1.54) is 102 Å². The van der Waals surface area contributed by atoms with E-state index in [1.54, 1.807) is 18.2 Å². The monoisotopic (exact) mass is 1740 g/mol. The number of carboxylic acids is 1. The van der Waals surface area contributed by atoms with E-state index in [2.05, 4.69) is 95.9 Å². The van der Waals surface area contributed by atoms with E-state index in [0.29, 0.717) is 178 Å². The fourth-order valence-electron chi connectivity index (χ4n) is 21.2. The lowest BCUT2D eigenvalue weighted by atomic mass is 9.81. The van der Waals surface area contributed by atoms with Gasteiger partial charge in [-0.2, -0.15) is 0 Å². The van der Waals surface area contributed by atoms with Crippen molar-refractivity contribution in [2.24, 2.45) is 22.9 Å². The minimum Gasteiger partial charge on any atom is -0.478 e. The molecule has 9 fully saturated rings. The highest BCUT2D eigenvalue weighted by molar-refractivity contribution is 7.91. The van der Waals surface area contributed by atoms with E-state index in [-0.39, 0.29) is 40.7 Å². The molecular weight excluding hydrogens is 1630 g/mol. The summed E-state index contributed by atoms with van der Waals surface area (Å²) in [6.07, 6.45) is 23.7. The Bertz CT molecular complexity index is 5720. The second-order valence-electron chi connectivity index (χ2n) is 36.3. The van der Waals surface area contributed by atoms with Crippen LogP contribution in [-0.4, -0.2) is 189 Å². The van der Waals surface area contributed by atoms with Crippen molar-refractivity contribution in [1.82, 2.24) is 37.8 Å². The van der Waals surface area contributed by atoms with Gasteiger partial charge < -0.3 is 47.7 Å². The number of amides is 5. The largest absolute Gasteiger partial charge is 0.478 e. The van der Waals surface area contributed by atoms with Crippen LogP contribution in [0.1, 0.15) is 217 Å². The number of fused-ring (bicyclic) bond motifs is 15. The third-order valence-corrected chi connectivity index (χ3v) is 33.0. The van der Waals surface area contributed by atoms with Gasteiger partial charge in [-0.3, -0.25) is 24.0 Å². The zero-order chi connectivity index (χ0) is 85.7. The van der Waals surface area contributed by atoms with Gasteiger partial charge in [-0.15, -0.1) is 0 Å². The molecule has 9 heterocycles. The summed E-state index contributed by atoms with van der Waals surface area (Å²) < 4.78 is 98.4. The molecule has 3 saturated heterocycles. The van der Waals surface area contributed by atoms with Gasteiger partial charge in [0.25, 0.3) is 11.8 Å². The van der Waals surface area contributed by atoms with E-state index < -0.39 is 58.4 Å². The van der Waals surface area contributed by atoms with E-state index in [0.717, 1.165) is 107 Å². The number of hydrogen-bond acceptors (Lipinski definition) is 15. The number of benzene rings is 6. The van der Waals surface area contributed by atoms with E-state index in [1.807, 2.05) is 51.1 Å². The maximum Gasteiger partial charge on any atom is 0.335 e. The number of nitrogens with one attached hydrogen (secondary N) is 2. The Balaban J connectivity index is 0.000000122. The maximum atomic E-state index is 13.9. The normalized spacial score (nSPS) is 21.5. The van der Waals surface area contributed by atoms with Crippen LogP contribution in [0.2, 0.25) is 0 Å². The Morgan fingerprint density at radius 2 is 0.637 bits per heavy atom. The van der Waals surface area contributed by atoms with E-state index >= 15 is 0 Å². The number of ether oxygens (including phenoxy) is 3. The van der Waals surface area contributed by atoms with Crippen LogP contribution in [0.5, 0.6) is 0 Å². The summed E-state index contributed by atoms with van der Waals surface area (Å²) in [5, 5.41) is 16.7. The van der Waals surface area contributed by atoms with E-state index in [4.69, 9.17) is 19.3 Å². The number of carboxylic acid groups (broad SMARTS) is 1. The summed E-state index contributed by atoms with van der Waals surface area (Å²) in [7, 11) is -10.5. The second-order valence-corrected chi connectivity index (χ2v) is 42.0. The minimum atomic E-state index is -3.66. The van der Waals surface area contributed by atoms with Gasteiger partial charge in [0.2, 0.25) is 47.8 Å². The summed E-state index contributed by atoms with van der Waals surface area (Å²) in [5.74, 6) is -1.10. The molecule has 0 spiro atoms. The third kappa shape index (κ3) is 17.9. The average Bonchev–Trinajstić information content (AvgIpc) is 1.58. The molecule has 6 aliphatic heterocycles. The van der Waals surface area contributed by atoms with Crippen LogP contribution in [0.15, 0.2) is 127 Å². The van der Waals surface area contributed by atoms with Crippen molar-refractivity contribution < 1.29 is 73.3 Å². The first-order valence-electron chi connectivity index (χ1n) is 45.2. The fourth-order valence-corrected chi connectivity index (χ4v) is 24.5. The van der Waals surface area contributed by atoms with Gasteiger partial charge in [-0.05, 0) is 184 Å². The Kier molecular flexibility index (Phi) is 24.8. The standard InChI is InChI=1S/2C32H37N3O5S.C29H32N2O4.C3H7NO2S/c2*36-31(33-41(38,39)25-11-12-25)23-10-13-27-28(19-23)35-20-24(32(37)34-14-16-40-17-15-34)18-22-8-4-5-9-26(22)30(35)29(27)21-6-2-1-3-7-21;32-28(30-12-14-35-15-13-30)22-16-20-8-4-5-9-23(20)27-26(19-6-2-1-3-7-19)24-11-10-21(29(33)34)17-25(24)31(27)18-22;4-7(5,6)3-1-2-3/h2*4-5,8-10,13,19,21,24-25H,1-3,6-7,11-12,14-18,20H2,(H,33,36);4-5,8-11,17,19,22H,1-3,6-7,12-16,18H2,(H,33,34);3H,1-2H2,(H2,4,5,6). The van der Waals surface area contributed by atoms with Crippen LogP contribution in [0.4, 0.5) is 0 Å². The summed E-state index contributed by atoms with van der Waals surface area (Å²) in [6.45, 7) is 8.64. The molecule has 5 N–H and O–H groups in total. The van der Waals surface area contributed by atoms with Crippen molar-refractivity contribution in [3.05, 3.63) is 177 Å². The number of rotatable bonds is 14. The SMILES string of the molecule is NS(=O)(=O)C1CC1.O=C(NS(=O)(=O)C1CC1)c1ccc2c(C3CCCCC3)c3n(c2c1)CC(C(=O)N1CCOCC1)Cc1ccccc1-3.O=C(NS(=O)(=O)C1CC1)c1ccc2c(C3CCCCC3)c3n(c2c1)CC(C(=O)N1CCOCC1)Cc1ccccc1-3.O=C(O)c1ccc2c(C3CCCCC3)c3n(c2c1)CC(C(=O)N1CCOCC1)Cc1ccccc1-3. The molecule has 6 aromatic carbocycles. The molecule has 3 unspecified atom stereocenters. The number of morpholine rings is 3. The maximum absolute atomic E-state index is 13.9. The van der Waals surface area contributed by atoms with Crippen LogP contribution < -0.4 is 14.6 Å². The lowest BCUT2D eigenvalue weighted by molar-refractivity contribution is -0.140. The van der Waals surface area contributed by atoms with Gasteiger partial charge in [0.1, 0.15) is 0 Å². The van der Waals surface area contributed by atoms with Crippen molar-refractivity contribution in [1.29, 1.82) is 0 Å². The first kappa shape index (κ1) is 85.3. The Labute approximate surface area is 725 Å². The molecule has 6 saturated carbocycles. The molecule has 5 amide bonds. The molecule has 6 aliphatic carbocycles. The van der Waals surface area contributed by atoms with Crippen molar-refractivity contribution >= 4 is 98.3 Å². The average molecular weight is 1750 g/mol. The summed E-state index contributed by atoms with van der Waals surface area (Å²) in [6, 6.07) is 42.1. The quantitative estimate of drug-likeness (QED) is 0.0786. The van der Waals surface area contributed by atoms with Crippen LogP contribution in [0.3, 0.4) is 0 Å². The Hall–Kier alpha value is -9.55. The lowest BCUT2D eigenvalue weighted by Gasteiger charge is -2.30. The minimum absolute atomic E-state index is 0.140. The zero-order valence-corrected chi connectivity index (χ0v) is 72.9. The molecule has 25 nitrogen and oxygen atoms in total. The van der Waals surface area contributed by atoms with Gasteiger partial charge in [0.05, 0.1) is 95.8 Å². The number of hydrogen-bond donors (Lipinski definition) is 4. The number of primary sulfonamides is 1. The van der Waals surface area contributed by atoms with Crippen molar-refractivity contribution in [2.75, 3.05) is 78.9 Å². The van der Waals surface area contributed by atoms with Crippen LogP contribution in [-0.2, 0) is 97.6 Å². The first-order chi connectivity index (χ1) is 60.0. The predicted molar refractivity (Wildman–Crippen MR) is 475 cm³/mol. The highest BCUT2D eigenvalue weighted by atomic mass is 32.2. The molecule has 124 heavy (non-hydrogen) atoms. The van der Waals surface area contributed by atoms with Crippen LogP contribution >= 0.6 is 0 Å². The van der Waals surface area contributed by atoms with Crippen LogP contribution in [0, 0.1) is 17.8 Å². The van der Waals surface area contributed by atoms with Gasteiger partial charge in [-0.25, -0.2) is 44.6 Å². The highest BCUT2D eigenvalue weighted by Gasteiger charge is 2.43. The Morgan fingerprint density at radius 1 is 0.355 bits per heavy atom. The van der Waals surface area contributed by atoms with Crippen molar-refractivity contribution in [3.8, 4) is 33.8 Å². The molecule has 21 rings (SSSR count). The van der Waals surface area contributed by atoms with Crippen LogP contribution in [0.25, 0.3) is 66.5 Å². The number of carbonyl (C=O) groups is 6. The van der Waals surface area contributed by atoms with Gasteiger partial charge in [0, 0.05) is 119 Å². The number of carbonyl (C=O) groups excluding carboxylic acids is 5.